The van der Waals surface area contributed by atoms with E-state index in [4.69, 9.17) is 5.73 Å². The van der Waals surface area contributed by atoms with Crippen molar-refractivity contribution in [3.05, 3.63) is 30.6 Å². The Labute approximate surface area is 103 Å². The summed E-state index contributed by atoms with van der Waals surface area (Å²) in [5.74, 6) is 0.619. The molecule has 17 heavy (non-hydrogen) atoms. The van der Waals surface area contributed by atoms with Gasteiger partial charge in [-0.2, -0.15) is 0 Å². The van der Waals surface area contributed by atoms with Crippen molar-refractivity contribution in [1.29, 1.82) is 0 Å². The largest absolute Gasteiger partial charge is 0.397 e. The van der Waals surface area contributed by atoms with Crippen LogP contribution < -0.4 is 11.1 Å². The van der Waals surface area contributed by atoms with Crippen LogP contribution in [0.5, 0.6) is 0 Å². The number of hydrogen-bond acceptors (Lipinski definition) is 4. The second-order valence-electron chi connectivity index (χ2n) is 3.83. The molecule has 3 N–H and O–H groups in total. The molecule has 0 saturated carbocycles. The van der Waals surface area contributed by atoms with Crippen LogP contribution in [0.2, 0.25) is 0 Å². The molecule has 0 amide bonds. The van der Waals surface area contributed by atoms with E-state index in [9.17, 15) is 4.21 Å². The lowest BCUT2D eigenvalue weighted by Crippen LogP contribution is -2.11. The Morgan fingerprint density at radius 2 is 2.24 bits per heavy atom. The van der Waals surface area contributed by atoms with E-state index in [0.717, 1.165) is 16.5 Å². The number of aromatic nitrogens is 1. The molecule has 1 aromatic carbocycles. The minimum atomic E-state index is -0.786. The van der Waals surface area contributed by atoms with Crippen LogP contribution in [0.25, 0.3) is 10.8 Å². The third-order valence-corrected chi connectivity index (χ3v) is 3.35. The molecule has 0 aliphatic rings. The van der Waals surface area contributed by atoms with Gasteiger partial charge in [-0.15, -0.1) is 0 Å². The molecular weight excluding hydrogens is 234 g/mol. The van der Waals surface area contributed by atoms with E-state index in [1.165, 1.54) is 0 Å². The van der Waals surface area contributed by atoms with Crippen LogP contribution in [-0.2, 0) is 10.8 Å². The third-order valence-electron chi connectivity index (χ3n) is 2.57. The minimum Gasteiger partial charge on any atom is -0.397 e. The van der Waals surface area contributed by atoms with E-state index in [0.29, 0.717) is 18.0 Å². The first-order valence-corrected chi connectivity index (χ1v) is 7.07. The van der Waals surface area contributed by atoms with Gasteiger partial charge in [0.05, 0.1) is 11.4 Å². The van der Waals surface area contributed by atoms with Gasteiger partial charge < -0.3 is 11.1 Å². The Hall–Kier alpha value is -1.62. The predicted molar refractivity (Wildman–Crippen MR) is 73.6 cm³/mol. The van der Waals surface area contributed by atoms with Crippen LogP contribution in [0.15, 0.2) is 30.6 Å². The summed E-state index contributed by atoms with van der Waals surface area (Å²) >= 11 is 0. The molecule has 5 heteroatoms. The number of nitrogens with two attached hydrogens (primary N) is 1. The molecule has 0 fully saturated rings. The number of hydrogen-bond donors (Lipinski definition) is 2. The topological polar surface area (TPSA) is 68.0 Å². The molecule has 1 heterocycles. The fourth-order valence-corrected chi connectivity index (χ4v) is 2.07. The van der Waals surface area contributed by atoms with Crippen LogP contribution in [-0.4, -0.2) is 27.7 Å². The second-order valence-corrected chi connectivity index (χ2v) is 5.38. The zero-order chi connectivity index (χ0) is 12.3. The maximum atomic E-state index is 11.0. The van der Waals surface area contributed by atoms with Crippen molar-refractivity contribution in [3.63, 3.8) is 0 Å². The molecule has 90 valence electrons. The first kappa shape index (κ1) is 11.9. The normalized spacial score (nSPS) is 12.5. The summed E-state index contributed by atoms with van der Waals surface area (Å²) in [6, 6.07) is 5.80. The standard InChI is InChI=1S/C12H15N3OS/c1-17(16)7-6-15-11-3-2-9-8-14-5-4-10(9)12(11)13/h2-5,8,15H,6-7,13H2,1H3. The molecule has 2 aromatic rings. The lowest BCUT2D eigenvalue weighted by molar-refractivity contribution is 0.687. The Morgan fingerprint density at radius 3 is 3.00 bits per heavy atom. The van der Waals surface area contributed by atoms with Crippen molar-refractivity contribution < 1.29 is 4.21 Å². The highest BCUT2D eigenvalue weighted by Crippen LogP contribution is 2.27. The van der Waals surface area contributed by atoms with Crippen molar-refractivity contribution in [2.45, 2.75) is 0 Å². The molecule has 0 saturated heterocycles. The molecule has 0 spiro atoms. The van der Waals surface area contributed by atoms with Crippen molar-refractivity contribution in [3.8, 4) is 0 Å². The van der Waals surface area contributed by atoms with E-state index >= 15 is 0 Å². The van der Waals surface area contributed by atoms with E-state index in [-0.39, 0.29) is 0 Å². The lowest BCUT2D eigenvalue weighted by atomic mass is 10.1. The van der Waals surface area contributed by atoms with Gasteiger partial charge in [0.1, 0.15) is 0 Å². The van der Waals surface area contributed by atoms with Gasteiger partial charge in [-0.1, -0.05) is 6.07 Å². The van der Waals surface area contributed by atoms with E-state index in [2.05, 4.69) is 10.3 Å². The first-order chi connectivity index (χ1) is 8.18. The van der Waals surface area contributed by atoms with Gasteiger partial charge in [0.25, 0.3) is 0 Å². The lowest BCUT2D eigenvalue weighted by Gasteiger charge is -2.10. The van der Waals surface area contributed by atoms with Gasteiger partial charge in [0, 0.05) is 52.5 Å². The zero-order valence-corrected chi connectivity index (χ0v) is 10.5. The highest BCUT2D eigenvalue weighted by atomic mass is 32.2. The summed E-state index contributed by atoms with van der Waals surface area (Å²) < 4.78 is 11.0. The van der Waals surface area contributed by atoms with Gasteiger partial charge in [-0.3, -0.25) is 9.19 Å². The van der Waals surface area contributed by atoms with Crippen molar-refractivity contribution >= 4 is 32.9 Å². The Balaban J connectivity index is 2.23. The molecule has 4 nitrogen and oxygen atoms in total. The second kappa shape index (κ2) is 5.14. The highest BCUT2D eigenvalue weighted by molar-refractivity contribution is 7.84. The molecule has 0 bridgehead atoms. The summed E-state index contributed by atoms with van der Waals surface area (Å²) in [6.45, 7) is 0.657. The monoisotopic (exact) mass is 249 g/mol. The predicted octanol–water partition coefficient (Wildman–Crippen LogP) is 1.61. The number of fused-ring (bicyclic) bond motifs is 1. The average Bonchev–Trinajstić information content (AvgIpc) is 2.32. The molecule has 0 radical (unpaired) electrons. The SMILES string of the molecule is CS(=O)CCNc1ccc2cnccc2c1N. The van der Waals surface area contributed by atoms with Gasteiger partial charge in [-0.05, 0) is 12.1 Å². The number of rotatable bonds is 4. The molecule has 0 aliphatic heterocycles. The molecular formula is C12H15N3OS. The molecule has 1 atom stereocenters. The Kier molecular flexibility index (Phi) is 3.58. The molecule has 0 aliphatic carbocycles. The number of nitrogen functional groups attached to an aromatic ring is 1. The smallest absolute Gasteiger partial charge is 0.0630 e. The van der Waals surface area contributed by atoms with Gasteiger partial charge in [0.15, 0.2) is 0 Å². The Morgan fingerprint density at radius 1 is 1.41 bits per heavy atom. The summed E-state index contributed by atoms with van der Waals surface area (Å²) in [7, 11) is -0.786. The van der Waals surface area contributed by atoms with Gasteiger partial charge in [-0.25, -0.2) is 0 Å². The van der Waals surface area contributed by atoms with Crippen LogP contribution >= 0.6 is 0 Å². The average molecular weight is 249 g/mol. The van der Waals surface area contributed by atoms with E-state index in [1.54, 1.807) is 18.6 Å². The van der Waals surface area contributed by atoms with Crippen LogP contribution in [0.4, 0.5) is 11.4 Å². The van der Waals surface area contributed by atoms with Crippen LogP contribution in [0, 0.1) is 0 Å². The third kappa shape index (κ3) is 2.74. The highest BCUT2D eigenvalue weighted by Gasteiger charge is 2.03. The first-order valence-electron chi connectivity index (χ1n) is 5.34. The van der Waals surface area contributed by atoms with Gasteiger partial charge in [0.2, 0.25) is 0 Å². The molecule has 2 rings (SSSR count). The molecule has 1 unspecified atom stereocenters. The summed E-state index contributed by atoms with van der Waals surface area (Å²) in [5.41, 5.74) is 7.67. The number of nitrogens with zero attached hydrogens (tertiary/aromatic N) is 1. The summed E-state index contributed by atoms with van der Waals surface area (Å²) in [6.07, 6.45) is 5.21. The van der Waals surface area contributed by atoms with Crippen molar-refractivity contribution in [1.82, 2.24) is 4.98 Å². The van der Waals surface area contributed by atoms with Crippen LogP contribution in [0.1, 0.15) is 0 Å². The summed E-state index contributed by atoms with van der Waals surface area (Å²) in [5, 5.41) is 5.21. The van der Waals surface area contributed by atoms with E-state index in [1.807, 2.05) is 18.2 Å². The minimum absolute atomic E-state index is 0.619. The molecule has 1 aromatic heterocycles. The van der Waals surface area contributed by atoms with Gasteiger partial charge >= 0.3 is 0 Å². The van der Waals surface area contributed by atoms with Crippen molar-refractivity contribution in [2.24, 2.45) is 0 Å². The number of anilines is 2. The van der Waals surface area contributed by atoms with Crippen molar-refractivity contribution in [2.75, 3.05) is 29.6 Å². The number of pyridine rings is 1. The quantitative estimate of drug-likeness (QED) is 0.808. The maximum absolute atomic E-state index is 11.0. The number of nitrogens with one attached hydrogen (secondary N) is 1. The fraction of sp³-hybridized carbons (Fsp3) is 0.250. The summed E-state index contributed by atoms with van der Waals surface area (Å²) in [4.78, 5) is 4.05. The van der Waals surface area contributed by atoms with Crippen LogP contribution in [0.3, 0.4) is 0 Å². The maximum Gasteiger partial charge on any atom is 0.0630 e. The fourth-order valence-electron chi connectivity index (χ4n) is 1.68. The number of benzene rings is 1. The zero-order valence-electron chi connectivity index (χ0n) is 9.64. The van der Waals surface area contributed by atoms with E-state index < -0.39 is 10.8 Å². The Bertz CT molecular complexity index is 556.